The lowest BCUT2D eigenvalue weighted by molar-refractivity contribution is -0.153. The Morgan fingerprint density at radius 1 is 1.03 bits per heavy atom. The summed E-state index contributed by atoms with van der Waals surface area (Å²) < 4.78 is 10.3. The number of benzene rings is 2. The van der Waals surface area contributed by atoms with E-state index >= 15 is 0 Å². The van der Waals surface area contributed by atoms with Gasteiger partial charge >= 0.3 is 5.97 Å². The lowest BCUT2D eigenvalue weighted by Gasteiger charge is -2.08. The zero-order valence-electron chi connectivity index (χ0n) is 17.1. The molecule has 1 heterocycles. The summed E-state index contributed by atoms with van der Waals surface area (Å²) >= 11 is 0. The van der Waals surface area contributed by atoms with Crippen molar-refractivity contribution in [3.63, 3.8) is 0 Å². The van der Waals surface area contributed by atoms with Gasteiger partial charge in [-0.05, 0) is 55.5 Å². The van der Waals surface area contributed by atoms with E-state index in [9.17, 15) is 14.4 Å². The first-order valence-corrected chi connectivity index (χ1v) is 9.60. The van der Waals surface area contributed by atoms with Gasteiger partial charge < -0.3 is 14.8 Å². The summed E-state index contributed by atoms with van der Waals surface area (Å²) in [6.45, 7) is 1.65. The monoisotopic (exact) mass is 430 g/mol. The minimum absolute atomic E-state index is 0.0680. The molecule has 32 heavy (non-hydrogen) atoms. The van der Waals surface area contributed by atoms with Gasteiger partial charge in [0.1, 0.15) is 5.75 Å². The van der Waals surface area contributed by atoms with Crippen LogP contribution in [0.5, 0.6) is 11.6 Å². The molecule has 0 radical (unpaired) electrons. The van der Waals surface area contributed by atoms with E-state index in [1.54, 1.807) is 49.4 Å². The minimum atomic E-state index is -1.02. The fourth-order valence-electron chi connectivity index (χ4n) is 2.58. The molecule has 0 saturated heterocycles. The number of nitrogens with one attached hydrogen (secondary N) is 1. The van der Waals surface area contributed by atoms with Crippen molar-refractivity contribution in [2.24, 2.45) is 0 Å². The van der Waals surface area contributed by atoms with E-state index in [0.717, 1.165) is 0 Å². The molecular weight excluding hydrogens is 412 g/mol. The summed E-state index contributed by atoms with van der Waals surface area (Å²) in [4.78, 5) is 43.6. The molecule has 1 aromatic heterocycles. The van der Waals surface area contributed by atoms with Gasteiger partial charge in [0.2, 0.25) is 17.6 Å². The molecule has 160 valence electrons. The summed E-state index contributed by atoms with van der Waals surface area (Å²) in [6, 6.07) is 16.5. The van der Waals surface area contributed by atoms with Crippen LogP contribution in [0.2, 0.25) is 0 Å². The molecule has 0 fully saturated rings. The third-order valence-electron chi connectivity index (χ3n) is 4.12. The summed E-state index contributed by atoms with van der Waals surface area (Å²) in [6.07, 6.45) is 0.961. The Hall–Kier alpha value is -4.58. The van der Waals surface area contributed by atoms with Gasteiger partial charge in [-0.25, -0.2) is 9.78 Å². The van der Waals surface area contributed by atoms with Crippen LogP contribution in [0.25, 0.3) is 0 Å². The van der Waals surface area contributed by atoms with Gasteiger partial charge in [0.05, 0.1) is 24.7 Å². The largest absolute Gasteiger partial charge is 0.460 e. The van der Waals surface area contributed by atoms with E-state index in [1.807, 2.05) is 6.07 Å². The number of Topliss-reactive ketones (excluding diaryl/α,β-unsaturated/α-hetero) is 2. The number of ketones is 2. The lowest BCUT2D eigenvalue weighted by atomic mass is 10.1. The standard InChI is InChI=1S/C23H18N4O5/c1-2-31-22(30)20(29)13-19(28)16-5-9-18(10-6-16)32-21-11-12-25-23(27-21)26-17-7-3-15(14-24)4-8-17/h3-12H,2,13H2,1H3,(H,25,26,27). The number of nitriles is 1. The Balaban J connectivity index is 1.62. The van der Waals surface area contributed by atoms with Gasteiger partial charge in [-0.2, -0.15) is 10.2 Å². The first-order valence-electron chi connectivity index (χ1n) is 9.60. The summed E-state index contributed by atoms with van der Waals surface area (Å²) in [7, 11) is 0. The van der Waals surface area contributed by atoms with Crippen molar-refractivity contribution >= 4 is 29.2 Å². The highest BCUT2D eigenvalue weighted by molar-refractivity contribution is 6.38. The van der Waals surface area contributed by atoms with Crippen LogP contribution in [0.3, 0.4) is 0 Å². The van der Waals surface area contributed by atoms with Crippen molar-refractivity contribution in [1.82, 2.24) is 9.97 Å². The van der Waals surface area contributed by atoms with Gasteiger partial charge in [0.25, 0.3) is 0 Å². The van der Waals surface area contributed by atoms with Crippen molar-refractivity contribution in [1.29, 1.82) is 5.26 Å². The molecule has 9 nitrogen and oxygen atoms in total. The van der Waals surface area contributed by atoms with E-state index in [2.05, 4.69) is 20.0 Å². The SMILES string of the molecule is CCOC(=O)C(=O)CC(=O)c1ccc(Oc2ccnc(Nc3ccc(C#N)cc3)n2)cc1. The van der Waals surface area contributed by atoms with Crippen molar-refractivity contribution in [2.75, 3.05) is 11.9 Å². The van der Waals surface area contributed by atoms with E-state index in [4.69, 9.17) is 10.00 Å². The number of ether oxygens (including phenoxy) is 2. The number of carbonyl (C=O) groups excluding carboxylic acids is 3. The zero-order chi connectivity index (χ0) is 22.9. The Kier molecular flexibility index (Phi) is 7.22. The summed E-state index contributed by atoms with van der Waals surface area (Å²) in [5.41, 5.74) is 1.52. The molecule has 9 heteroatoms. The van der Waals surface area contributed by atoms with Gasteiger partial charge in [-0.15, -0.1) is 0 Å². The quantitative estimate of drug-likeness (QED) is 0.234. The Bertz CT molecular complexity index is 1170. The first-order chi connectivity index (χ1) is 15.5. The number of nitrogens with zero attached hydrogens (tertiary/aromatic N) is 3. The van der Waals surface area contributed by atoms with Crippen molar-refractivity contribution in [3.05, 3.63) is 71.9 Å². The minimum Gasteiger partial charge on any atom is -0.460 e. The van der Waals surface area contributed by atoms with Crippen molar-refractivity contribution in [3.8, 4) is 17.7 Å². The lowest BCUT2D eigenvalue weighted by Crippen LogP contribution is -2.20. The molecule has 0 amide bonds. The first kappa shape index (κ1) is 22.1. The third kappa shape index (κ3) is 5.96. The number of anilines is 2. The number of hydrogen-bond acceptors (Lipinski definition) is 9. The molecule has 0 unspecified atom stereocenters. The Morgan fingerprint density at radius 2 is 1.75 bits per heavy atom. The van der Waals surface area contributed by atoms with Gasteiger partial charge in [-0.1, -0.05) is 0 Å². The summed E-state index contributed by atoms with van der Waals surface area (Å²) in [5.74, 6) is -1.41. The number of aromatic nitrogens is 2. The predicted octanol–water partition coefficient (Wildman–Crippen LogP) is 3.59. The zero-order valence-corrected chi connectivity index (χ0v) is 17.1. The van der Waals surface area contributed by atoms with Crippen LogP contribution in [0.1, 0.15) is 29.3 Å². The van der Waals surface area contributed by atoms with Crippen LogP contribution in [0.15, 0.2) is 60.8 Å². The number of rotatable bonds is 9. The molecular formula is C23H18N4O5. The average molecular weight is 430 g/mol. The summed E-state index contributed by atoms with van der Waals surface area (Å²) in [5, 5.41) is 11.9. The van der Waals surface area contributed by atoms with Crippen LogP contribution >= 0.6 is 0 Å². The maximum atomic E-state index is 12.2. The molecule has 0 aliphatic carbocycles. The van der Waals surface area contributed by atoms with Gasteiger partial charge in [0, 0.05) is 23.5 Å². The van der Waals surface area contributed by atoms with Crippen molar-refractivity contribution < 1.29 is 23.9 Å². The second kappa shape index (κ2) is 10.4. The second-order valence-electron chi connectivity index (χ2n) is 6.40. The van der Waals surface area contributed by atoms with Gasteiger partial charge in [-0.3, -0.25) is 9.59 Å². The average Bonchev–Trinajstić information content (AvgIpc) is 2.80. The molecule has 0 bridgehead atoms. The molecule has 0 aliphatic rings. The Labute approximate surface area is 183 Å². The molecule has 2 aromatic carbocycles. The van der Waals surface area contributed by atoms with Crippen molar-refractivity contribution in [2.45, 2.75) is 13.3 Å². The molecule has 0 saturated carbocycles. The molecule has 0 atom stereocenters. The molecule has 0 spiro atoms. The van der Waals surface area contributed by atoms with Crippen LogP contribution in [-0.4, -0.2) is 34.1 Å². The highest BCUT2D eigenvalue weighted by Gasteiger charge is 2.20. The number of hydrogen-bond donors (Lipinski definition) is 1. The highest BCUT2D eigenvalue weighted by atomic mass is 16.5. The van der Waals surface area contributed by atoms with Gasteiger partial charge in [0.15, 0.2) is 5.78 Å². The maximum absolute atomic E-state index is 12.2. The highest BCUT2D eigenvalue weighted by Crippen LogP contribution is 2.22. The molecule has 0 aliphatic heterocycles. The molecule has 3 aromatic rings. The molecule has 1 N–H and O–H groups in total. The molecule has 3 rings (SSSR count). The normalized spacial score (nSPS) is 10.0. The fourth-order valence-corrected chi connectivity index (χ4v) is 2.58. The topological polar surface area (TPSA) is 131 Å². The van der Waals surface area contributed by atoms with E-state index in [-0.39, 0.29) is 18.1 Å². The number of carbonyl (C=O) groups is 3. The smallest absolute Gasteiger partial charge is 0.375 e. The third-order valence-corrected chi connectivity index (χ3v) is 4.12. The second-order valence-corrected chi connectivity index (χ2v) is 6.40. The van der Waals surface area contributed by atoms with Crippen LogP contribution < -0.4 is 10.1 Å². The fraction of sp³-hybridized carbons (Fsp3) is 0.130. The predicted molar refractivity (Wildman–Crippen MR) is 114 cm³/mol. The van der Waals surface area contributed by atoms with Crippen LogP contribution in [-0.2, 0) is 14.3 Å². The van der Waals surface area contributed by atoms with E-state index in [1.165, 1.54) is 18.3 Å². The van der Waals surface area contributed by atoms with Crippen LogP contribution in [0.4, 0.5) is 11.6 Å². The van der Waals surface area contributed by atoms with Crippen LogP contribution in [0, 0.1) is 11.3 Å². The maximum Gasteiger partial charge on any atom is 0.375 e. The van der Waals surface area contributed by atoms with E-state index in [0.29, 0.717) is 22.9 Å². The van der Waals surface area contributed by atoms with E-state index < -0.39 is 24.0 Å². The Morgan fingerprint density at radius 3 is 2.41 bits per heavy atom. The number of esters is 1.